The number of rotatable bonds is 0. The summed E-state index contributed by atoms with van der Waals surface area (Å²) in [6.07, 6.45) is 0. The molecular formula is C66H52. The quantitative estimate of drug-likeness (QED) is 0.143. The minimum Gasteiger partial charge on any atom is -0.0538 e. The third-order valence-electron chi connectivity index (χ3n) is 14.5. The van der Waals surface area contributed by atoms with Crippen LogP contribution in [0.5, 0.6) is 0 Å². The Balaban J connectivity index is 0.954. The summed E-state index contributed by atoms with van der Waals surface area (Å²) >= 11 is 0. The van der Waals surface area contributed by atoms with Crippen LogP contribution >= 0.6 is 0 Å². The van der Waals surface area contributed by atoms with Gasteiger partial charge in [-0.1, -0.05) is 206 Å². The molecule has 0 N–H and O–H groups in total. The van der Waals surface area contributed by atoms with Crippen LogP contribution < -0.4 is 0 Å². The van der Waals surface area contributed by atoms with E-state index in [0.717, 1.165) is 0 Å². The first-order valence-corrected chi connectivity index (χ1v) is 23.2. The Morgan fingerprint density at radius 1 is 0.167 bits per heavy atom. The predicted molar refractivity (Wildman–Crippen MR) is 283 cm³/mol. The molecule has 0 atom stereocenters. The molecule has 0 saturated heterocycles. The molecule has 0 aromatic heterocycles. The molecular weight excluding hydrogens is 793 g/mol. The lowest BCUT2D eigenvalue weighted by Crippen LogP contribution is -2.00. The molecule has 0 heterocycles. The van der Waals surface area contributed by atoms with E-state index in [1.807, 2.05) is 0 Å². The fraction of sp³-hybridized carbons (Fsp3) is 0.0909. The zero-order valence-electron chi connectivity index (χ0n) is 38.6. The maximum atomic E-state index is 2.35. The SMILES string of the molecule is Cc1cc2c(C)cc1-c1ccc(cc1)-c1ccc(cc1)-c1ccc(cc1)-c1ccc(cc1)-c1c(C)c(C)c(c(C)c1C)-c1ccc(cc1)-c1ccc(cc1)-c1ccc(cc1)-c1ccc-2cc1. The van der Waals surface area contributed by atoms with Crippen LogP contribution in [0, 0.1) is 41.5 Å². The third kappa shape index (κ3) is 7.39. The Bertz CT molecular complexity index is 3140. The van der Waals surface area contributed by atoms with Crippen LogP contribution in [0.4, 0.5) is 0 Å². The summed E-state index contributed by atoms with van der Waals surface area (Å²) in [5.41, 5.74) is 32.7. The number of aryl methyl sites for hydroxylation is 2. The van der Waals surface area contributed by atoms with E-state index in [9.17, 15) is 0 Å². The molecule has 0 heteroatoms. The van der Waals surface area contributed by atoms with Crippen LogP contribution in [-0.2, 0) is 0 Å². The maximum absolute atomic E-state index is 2.35. The number of benzene rings is 10. The summed E-state index contributed by atoms with van der Waals surface area (Å²) in [7, 11) is 0. The van der Waals surface area contributed by atoms with Gasteiger partial charge < -0.3 is 0 Å². The zero-order chi connectivity index (χ0) is 45.1. The van der Waals surface area contributed by atoms with Crippen molar-refractivity contribution in [2.45, 2.75) is 41.5 Å². The van der Waals surface area contributed by atoms with Gasteiger partial charge in [0.25, 0.3) is 0 Å². The Morgan fingerprint density at radius 3 is 0.470 bits per heavy atom. The van der Waals surface area contributed by atoms with Crippen molar-refractivity contribution in [3.8, 4) is 111 Å². The molecule has 0 amide bonds. The van der Waals surface area contributed by atoms with Gasteiger partial charge in [-0.3, -0.25) is 0 Å². The predicted octanol–water partition coefficient (Wildman–Crippen LogP) is 18.5. The minimum absolute atomic E-state index is 1.21. The molecule has 316 valence electrons. The summed E-state index contributed by atoms with van der Waals surface area (Å²) in [6.45, 7) is 13.6. The molecule has 0 radical (unpaired) electrons. The Morgan fingerprint density at radius 2 is 0.303 bits per heavy atom. The van der Waals surface area contributed by atoms with Gasteiger partial charge in [-0.15, -0.1) is 0 Å². The molecule has 0 fully saturated rings. The van der Waals surface area contributed by atoms with E-state index >= 15 is 0 Å². The molecule has 0 spiro atoms. The van der Waals surface area contributed by atoms with Gasteiger partial charge in [0.15, 0.2) is 0 Å². The molecule has 0 aliphatic heterocycles. The highest BCUT2D eigenvalue weighted by Crippen LogP contribution is 2.41. The van der Waals surface area contributed by atoms with Gasteiger partial charge in [-0.25, -0.2) is 0 Å². The first kappa shape index (κ1) is 40.9. The highest BCUT2D eigenvalue weighted by molar-refractivity contribution is 5.86. The van der Waals surface area contributed by atoms with Crippen LogP contribution in [-0.4, -0.2) is 0 Å². The standard InChI is InChI=1S/C66H52/c1-41-39-64-42(2)40-63(41)59-31-23-55(24-32-59)51-15-7-47(8-16-51)49-11-19-53(20-12-49)57-27-35-61(36-28-57)65-43(3)45(5)66(46(6)44(65)4)62-37-29-58(30-38-62)54-21-13-50(14-22-54)48-9-17-52(18-10-48)56-25-33-60(64)34-26-56/h7-40H,1-6H3. The van der Waals surface area contributed by atoms with Gasteiger partial charge in [-0.2, -0.15) is 0 Å². The van der Waals surface area contributed by atoms with E-state index in [1.54, 1.807) is 0 Å². The summed E-state index contributed by atoms with van der Waals surface area (Å²) in [4.78, 5) is 0. The number of hydrogen-bond donors (Lipinski definition) is 0. The molecule has 0 nitrogen and oxygen atoms in total. The summed E-state index contributed by atoms with van der Waals surface area (Å²) in [5, 5.41) is 0. The molecule has 0 unspecified atom stereocenters. The lowest BCUT2D eigenvalue weighted by Gasteiger charge is -2.21. The molecule has 10 aromatic carbocycles. The molecule has 0 saturated carbocycles. The molecule has 28 aliphatic rings. The van der Waals surface area contributed by atoms with Gasteiger partial charge >= 0.3 is 0 Å². The Hall–Kier alpha value is -7.80. The van der Waals surface area contributed by atoms with Crippen molar-refractivity contribution in [2.75, 3.05) is 0 Å². The van der Waals surface area contributed by atoms with Crippen molar-refractivity contribution in [1.82, 2.24) is 0 Å². The van der Waals surface area contributed by atoms with E-state index < -0.39 is 0 Å². The highest BCUT2D eigenvalue weighted by Gasteiger charge is 2.18. The van der Waals surface area contributed by atoms with Crippen LogP contribution in [0.2, 0.25) is 0 Å². The molecule has 10 aromatic rings. The topological polar surface area (TPSA) is 0 Å². The lowest BCUT2D eigenvalue weighted by atomic mass is 9.83. The smallest absolute Gasteiger partial charge is 0.0120 e. The van der Waals surface area contributed by atoms with Gasteiger partial charge in [0.05, 0.1) is 0 Å². The van der Waals surface area contributed by atoms with Crippen molar-refractivity contribution in [1.29, 1.82) is 0 Å². The molecule has 38 rings (SSSR count). The first-order chi connectivity index (χ1) is 32.2. The highest BCUT2D eigenvalue weighted by atomic mass is 14.2. The fourth-order valence-electron chi connectivity index (χ4n) is 10.4. The van der Waals surface area contributed by atoms with Crippen molar-refractivity contribution in [2.24, 2.45) is 0 Å². The van der Waals surface area contributed by atoms with Crippen molar-refractivity contribution in [3.05, 3.63) is 240 Å². The second kappa shape index (κ2) is 16.6. The molecule has 28 aliphatic carbocycles. The summed E-state index contributed by atoms with van der Waals surface area (Å²) in [6, 6.07) is 77.0. The normalized spacial score (nSPS) is 11.5. The second-order valence-electron chi connectivity index (χ2n) is 18.4. The monoisotopic (exact) mass is 844 g/mol. The minimum atomic E-state index is 1.21. The van der Waals surface area contributed by atoms with Crippen LogP contribution in [0.15, 0.2) is 206 Å². The molecule has 66 heavy (non-hydrogen) atoms. The summed E-state index contributed by atoms with van der Waals surface area (Å²) < 4.78 is 0. The van der Waals surface area contributed by atoms with Gasteiger partial charge in [0.2, 0.25) is 0 Å². The van der Waals surface area contributed by atoms with E-state index in [-0.39, 0.29) is 0 Å². The van der Waals surface area contributed by atoms with Gasteiger partial charge in [0, 0.05) is 0 Å². The largest absolute Gasteiger partial charge is 0.0538 e. The van der Waals surface area contributed by atoms with Crippen molar-refractivity contribution < 1.29 is 0 Å². The fourth-order valence-corrected chi connectivity index (χ4v) is 10.4. The first-order valence-electron chi connectivity index (χ1n) is 23.2. The van der Waals surface area contributed by atoms with Crippen LogP contribution in [0.1, 0.15) is 33.4 Å². The average Bonchev–Trinajstić information content (AvgIpc) is 3.37. The van der Waals surface area contributed by atoms with Crippen LogP contribution in [0.25, 0.3) is 111 Å². The van der Waals surface area contributed by atoms with Gasteiger partial charge in [0.1, 0.15) is 0 Å². The van der Waals surface area contributed by atoms with E-state index in [4.69, 9.17) is 0 Å². The second-order valence-corrected chi connectivity index (χ2v) is 18.4. The van der Waals surface area contributed by atoms with E-state index in [1.165, 1.54) is 145 Å². The third-order valence-corrected chi connectivity index (χ3v) is 14.5. The maximum Gasteiger partial charge on any atom is -0.0120 e. The lowest BCUT2D eigenvalue weighted by molar-refractivity contribution is 1.25. The van der Waals surface area contributed by atoms with Crippen molar-refractivity contribution in [3.63, 3.8) is 0 Å². The van der Waals surface area contributed by atoms with Gasteiger partial charge in [-0.05, 0) is 186 Å². The van der Waals surface area contributed by atoms with Crippen LogP contribution in [0.3, 0.4) is 0 Å². The van der Waals surface area contributed by atoms with E-state index in [2.05, 4.69) is 248 Å². The zero-order valence-corrected chi connectivity index (χ0v) is 38.6. The molecule has 20 bridgehead atoms. The Labute approximate surface area is 390 Å². The Kier molecular flexibility index (Phi) is 10.3. The number of hydrogen-bond acceptors (Lipinski definition) is 0. The van der Waals surface area contributed by atoms with Crippen molar-refractivity contribution >= 4 is 0 Å². The van der Waals surface area contributed by atoms with E-state index in [0.29, 0.717) is 0 Å². The average molecular weight is 845 g/mol. The summed E-state index contributed by atoms with van der Waals surface area (Å²) in [5.74, 6) is 0.